The van der Waals surface area contributed by atoms with E-state index >= 15 is 0 Å². The van der Waals surface area contributed by atoms with Gasteiger partial charge in [0.2, 0.25) is 22.1 Å². The van der Waals surface area contributed by atoms with E-state index in [2.05, 4.69) is 9.09 Å². The number of benzene rings is 6. The number of hydrogen-bond donors (Lipinski definition) is 3. The number of phenols is 1. The largest absolute Gasteiger partial charge is 0.741 e. The lowest BCUT2D eigenvalue weighted by Gasteiger charge is -2.11. The highest BCUT2D eigenvalue weighted by atomic mass is 32.2. The van der Waals surface area contributed by atoms with Gasteiger partial charge in [-0.3, -0.25) is 9.79 Å². The Morgan fingerprint density at radius 3 is 1.00 bits per heavy atom. The maximum atomic E-state index is 13.1. The standard InChI is InChI=1S/C21H16NO6P.C21H15NO3.2CHF3O3S/c1-22-18-8-4-2-6-16(18)20(17-7-3-5-9-19(17)22)21(23)27-14-10-12-15(13-11-14)28-29(24,25)26;1-22-18-8-4-2-6-16(18)20(17-7-3-5-9-19(17)22)21(24)25-15-12-10-14(23)11-13-15;2*2-1(3,4)8(5,6)7/h2-13H,1H3,(H-,24,25,26);2-13H,1H3;2*(H,5,6,7). The Bertz CT molecular complexity index is 3370. The van der Waals surface area contributed by atoms with Crippen molar-refractivity contribution < 1.29 is 104 Å². The Morgan fingerprint density at radius 1 is 0.500 bits per heavy atom. The van der Waals surface area contributed by atoms with Gasteiger partial charge in [0.15, 0.2) is 20.2 Å². The summed E-state index contributed by atoms with van der Waals surface area (Å²) in [5.41, 5.74) is -6.60. The van der Waals surface area contributed by atoms with Crippen LogP contribution in [-0.4, -0.2) is 63.8 Å². The molecule has 70 heavy (non-hydrogen) atoms. The van der Waals surface area contributed by atoms with Gasteiger partial charge in [-0.2, -0.15) is 35.5 Å². The molecule has 0 saturated carbocycles. The number of esters is 2. The number of nitrogens with zero attached hydrogens (tertiary/aromatic N) is 2. The van der Waals surface area contributed by atoms with E-state index in [1.54, 1.807) is 12.1 Å². The number of rotatable bonds is 6. The maximum Gasteiger partial charge on any atom is 0.524 e. The maximum absolute atomic E-state index is 13.1. The molecule has 3 N–H and O–H groups in total. The molecule has 17 nitrogen and oxygen atoms in total. The van der Waals surface area contributed by atoms with Crippen LogP contribution < -0.4 is 23.1 Å². The molecule has 368 valence electrons. The van der Waals surface area contributed by atoms with Gasteiger partial charge in [0.05, 0.1) is 32.7 Å². The number of para-hydroxylation sites is 4. The lowest BCUT2D eigenvalue weighted by molar-refractivity contribution is -0.617. The molecule has 2 heterocycles. The van der Waals surface area contributed by atoms with Crippen LogP contribution in [0.5, 0.6) is 23.0 Å². The number of pyridine rings is 2. The first-order chi connectivity index (χ1) is 32.5. The Kier molecular flexibility index (Phi) is 16.2. The number of phosphoric ester groups is 1. The Hall–Kier alpha value is -7.25. The third-order valence-electron chi connectivity index (χ3n) is 9.42. The first-order valence-electron chi connectivity index (χ1n) is 19.2. The molecule has 0 unspecified atom stereocenters. The molecule has 0 bridgehead atoms. The average molecular weight is 1040 g/mol. The van der Waals surface area contributed by atoms with Gasteiger partial charge in [0.25, 0.3) is 0 Å². The fraction of sp³-hybridized carbons (Fsp3) is 0.0909. The molecule has 0 saturated heterocycles. The van der Waals surface area contributed by atoms with Crippen molar-refractivity contribution in [2.45, 2.75) is 11.0 Å². The van der Waals surface area contributed by atoms with Crippen LogP contribution in [-0.2, 0) is 38.9 Å². The second kappa shape index (κ2) is 21.2. The molecule has 0 radical (unpaired) electrons. The van der Waals surface area contributed by atoms with E-state index in [1.165, 1.54) is 36.4 Å². The van der Waals surface area contributed by atoms with E-state index < -0.39 is 51.0 Å². The van der Waals surface area contributed by atoms with E-state index in [0.29, 0.717) is 16.9 Å². The minimum Gasteiger partial charge on any atom is -0.741 e. The number of alkyl halides is 6. The zero-order valence-electron chi connectivity index (χ0n) is 35.5. The van der Waals surface area contributed by atoms with Gasteiger partial charge in [-0.1, -0.05) is 48.5 Å². The number of phosphoric acid groups is 1. The molecular formula is C44H33F6N2O15PS2. The molecule has 2 aromatic heterocycles. The molecule has 0 aliphatic rings. The van der Waals surface area contributed by atoms with Gasteiger partial charge in [0.1, 0.15) is 37.1 Å². The number of phenolic OH excluding ortho intramolecular Hbond substituents is 1. The number of hydrogen-bond acceptors (Lipinski definition) is 13. The van der Waals surface area contributed by atoms with Crippen molar-refractivity contribution in [1.29, 1.82) is 0 Å². The molecule has 26 heteroatoms. The molecule has 0 aliphatic heterocycles. The molecule has 6 aromatic carbocycles. The summed E-state index contributed by atoms with van der Waals surface area (Å²) >= 11 is 0. The van der Waals surface area contributed by atoms with Crippen LogP contribution in [0.1, 0.15) is 20.7 Å². The zero-order chi connectivity index (χ0) is 52.0. The van der Waals surface area contributed by atoms with E-state index in [9.17, 15) is 45.6 Å². The first-order valence-corrected chi connectivity index (χ1v) is 23.5. The van der Waals surface area contributed by atoms with Gasteiger partial charge in [-0.25, -0.2) is 31.0 Å². The Balaban J connectivity index is 0.000000201. The fourth-order valence-corrected chi connectivity index (χ4v) is 6.83. The molecule has 0 aliphatic carbocycles. The first kappa shape index (κ1) is 53.7. The molecule has 0 atom stereocenters. The van der Waals surface area contributed by atoms with Crippen molar-refractivity contribution in [3.63, 3.8) is 0 Å². The molecule has 0 fully saturated rings. The van der Waals surface area contributed by atoms with Crippen LogP contribution >= 0.6 is 7.82 Å². The quantitative estimate of drug-likeness (QED) is 0.0215. The average Bonchev–Trinajstić information content (AvgIpc) is 3.27. The van der Waals surface area contributed by atoms with Gasteiger partial charge >= 0.3 is 30.8 Å². The Morgan fingerprint density at radius 2 is 0.743 bits per heavy atom. The summed E-state index contributed by atoms with van der Waals surface area (Å²) in [7, 11) is -12.9. The zero-order valence-corrected chi connectivity index (χ0v) is 38.1. The second-order valence-corrected chi connectivity index (χ2v) is 18.0. The highest BCUT2D eigenvalue weighted by Crippen LogP contribution is 2.38. The molecule has 8 rings (SSSR count). The van der Waals surface area contributed by atoms with Crippen molar-refractivity contribution >= 4 is 83.6 Å². The summed E-state index contributed by atoms with van der Waals surface area (Å²) in [4.78, 5) is 43.7. The predicted octanol–water partition coefficient (Wildman–Crippen LogP) is 7.35. The van der Waals surface area contributed by atoms with Crippen LogP contribution in [0.15, 0.2) is 146 Å². The van der Waals surface area contributed by atoms with Crippen LogP contribution in [0.3, 0.4) is 0 Å². The van der Waals surface area contributed by atoms with Gasteiger partial charge in [-0.15, -0.1) is 0 Å². The SMILES string of the molecule is C[n+]1c2ccccc2c(C(=O)Oc2ccc(O)cc2)c2ccccc21.C[n+]1c2ccccc2c(C(=O)Oc2ccc(OP(=O)(O)O)cc2)c2ccccc21.O=S(=O)([O-])C(F)(F)F.O=S(=O)([O-])C(F)(F)F. The molecule has 0 spiro atoms. The van der Waals surface area contributed by atoms with Gasteiger partial charge in [-0.05, 0) is 72.8 Å². The highest BCUT2D eigenvalue weighted by molar-refractivity contribution is 7.86. The van der Waals surface area contributed by atoms with Crippen LogP contribution in [0.2, 0.25) is 0 Å². The Labute approximate surface area is 391 Å². The summed E-state index contributed by atoms with van der Waals surface area (Å²) < 4.78 is 148. The van der Waals surface area contributed by atoms with Crippen molar-refractivity contribution in [3.8, 4) is 23.0 Å². The van der Waals surface area contributed by atoms with E-state index in [-0.39, 0.29) is 17.2 Å². The minimum atomic E-state index is -6.09. The normalized spacial score (nSPS) is 11.9. The molecule has 8 aromatic rings. The highest BCUT2D eigenvalue weighted by Gasteiger charge is 2.37. The van der Waals surface area contributed by atoms with E-state index in [0.717, 1.165) is 43.6 Å². The number of ether oxygens (including phenoxy) is 2. The number of halogens is 6. The number of aromatic nitrogens is 2. The second-order valence-electron chi connectivity index (χ2n) is 14.1. The van der Waals surface area contributed by atoms with Crippen LogP contribution in [0.4, 0.5) is 26.3 Å². The van der Waals surface area contributed by atoms with Crippen molar-refractivity contribution in [1.82, 2.24) is 0 Å². The summed E-state index contributed by atoms with van der Waals surface area (Å²) in [5.74, 6) is -0.220. The number of carbonyl (C=O) groups excluding carboxylic acids is 2. The van der Waals surface area contributed by atoms with Crippen molar-refractivity contribution in [2.75, 3.05) is 0 Å². The van der Waals surface area contributed by atoms with Crippen LogP contribution in [0.25, 0.3) is 43.6 Å². The van der Waals surface area contributed by atoms with E-state index in [4.69, 9.17) is 45.2 Å². The minimum absolute atomic E-state index is 0.0271. The summed E-state index contributed by atoms with van der Waals surface area (Å²) in [6, 6.07) is 42.3. The molecular weight excluding hydrogens is 1010 g/mol. The van der Waals surface area contributed by atoms with Crippen LogP contribution in [0, 0.1) is 0 Å². The number of aryl methyl sites for hydroxylation is 2. The summed E-state index contributed by atoms with van der Waals surface area (Å²) in [6.07, 6.45) is 0. The molecule has 0 amide bonds. The number of carbonyl (C=O) groups is 2. The number of fused-ring (bicyclic) bond motifs is 4. The summed E-state index contributed by atoms with van der Waals surface area (Å²) in [6.45, 7) is 0. The topological polar surface area (TPSA) is 262 Å². The van der Waals surface area contributed by atoms with Crippen molar-refractivity contribution in [3.05, 3.63) is 157 Å². The van der Waals surface area contributed by atoms with Crippen molar-refractivity contribution in [2.24, 2.45) is 14.1 Å². The lowest BCUT2D eigenvalue weighted by Crippen LogP contribution is -2.31. The summed E-state index contributed by atoms with van der Waals surface area (Å²) in [5, 5.41) is 12.6. The lowest BCUT2D eigenvalue weighted by atomic mass is 10.0. The fourth-order valence-electron chi connectivity index (χ4n) is 6.44. The monoisotopic (exact) mass is 1040 g/mol. The van der Waals surface area contributed by atoms with Gasteiger partial charge in [0, 0.05) is 24.3 Å². The number of aromatic hydroxyl groups is 1. The van der Waals surface area contributed by atoms with Gasteiger partial charge < -0.3 is 28.2 Å². The third kappa shape index (κ3) is 13.3. The van der Waals surface area contributed by atoms with E-state index in [1.807, 2.05) is 116 Å². The predicted molar refractivity (Wildman–Crippen MR) is 234 cm³/mol. The third-order valence-corrected chi connectivity index (χ3v) is 11.0. The smallest absolute Gasteiger partial charge is 0.524 e.